The highest BCUT2D eigenvalue weighted by Gasteiger charge is 2.04. The highest BCUT2D eigenvalue weighted by atomic mass is 79.9. The molecular formula is C8H8Br2O. The summed E-state index contributed by atoms with van der Waals surface area (Å²) < 4.78 is 1.04. The molecule has 0 amide bonds. The van der Waals surface area contributed by atoms with Gasteiger partial charge in [0, 0.05) is 4.47 Å². The first-order chi connectivity index (χ1) is 5.24. The SMILES string of the molecule is OC[C@@H](Br)c1cccc(Br)c1. The van der Waals surface area contributed by atoms with Gasteiger partial charge >= 0.3 is 0 Å². The third-order valence-corrected chi connectivity index (χ3v) is 2.68. The number of rotatable bonds is 2. The number of aliphatic hydroxyl groups is 1. The van der Waals surface area contributed by atoms with Gasteiger partial charge in [-0.15, -0.1) is 0 Å². The van der Waals surface area contributed by atoms with E-state index in [2.05, 4.69) is 31.9 Å². The first-order valence-corrected chi connectivity index (χ1v) is 4.95. The summed E-state index contributed by atoms with van der Waals surface area (Å²) in [6, 6.07) is 7.86. The molecule has 0 radical (unpaired) electrons. The minimum atomic E-state index is 0.0417. The van der Waals surface area contributed by atoms with E-state index < -0.39 is 0 Å². The Morgan fingerprint density at radius 2 is 2.18 bits per heavy atom. The van der Waals surface area contributed by atoms with Crippen molar-refractivity contribution in [1.82, 2.24) is 0 Å². The third kappa shape index (κ3) is 2.58. The Morgan fingerprint density at radius 1 is 1.45 bits per heavy atom. The summed E-state index contributed by atoms with van der Waals surface area (Å²) in [5.74, 6) is 0. The number of hydrogen-bond donors (Lipinski definition) is 1. The summed E-state index contributed by atoms with van der Waals surface area (Å²) in [6.07, 6.45) is 0. The molecule has 0 aromatic heterocycles. The van der Waals surface area contributed by atoms with Gasteiger partial charge in [-0.1, -0.05) is 44.0 Å². The molecule has 0 aliphatic carbocycles. The standard InChI is InChI=1S/C8H8Br2O/c9-7-3-1-2-6(4-7)8(10)5-11/h1-4,8,11H,5H2/t8-/m1/s1. The second-order valence-corrected chi connectivity index (χ2v) is 4.23. The van der Waals surface area contributed by atoms with E-state index in [-0.39, 0.29) is 11.4 Å². The zero-order valence-corrected chi connectivity index (χ0v) is 8.97. The maximum atomic E-state index is 8.82. The monoisotopic (exact) mass is 278 g/mol. The molecule has 60 valence electrons. The first kappa shape index (κ1) is 9.23. The fourth-order valence-corrected chi connectivity index (χ4v) is 1.51. The summed E-state index contributed by atoms with van der Waals surface area (Å²) in [5, 5.41) is 8.82. The highest BCUT2D eigenvalue weighted by molar-refractivity contribution is 9.10. The number of alkyl halides is 1. The van der Waals surface area contributed by atoms with E-state index >= 15 is 0 Å². The minimum absolute atomic E-state index is 0.0417. The van der Waals surface area contributed by atoms with Gasteiger partial charge in [0.15, 0.2) is 0 Å². The lowest BCUT2D eigenvalue weighted by Crippen LogP contribution is -1.94. The van der Waals surface area contributed by atoms with Gasteiger partial charge in [0.25, 0.3) is 0 Å². The van der Waals surface area contributed by atoms with E-state index in [9.17, 15) is 0 Å². The predicted molar refractivity (Wildman–Crippen MR) is 52.9 cm³/mol. The Morgan fingerprint density at radius 3 is 2.73 bits per heavy atom. The zero-order valence-electron chi connectivity index (χ0n) is 5.80. The molecule has 1 rings (SSSR count). The van der Waals surface area contributed by atoms with Crippen LogP contribution in [-0.4, -0.2) is 11.7 Å². The number of benzene rings is 1. The van der Waals surface area contributed by atoms with Crippen LogP contribution < -0.4 is 0 Å². The molecule has 11 heavy (non-hydrogen) atoms. The van der Waals surface area contributed by atoms with Crippen LogP contribution in [0.1, 0.15) is 10.4 Å². The van der Waals surface area contributed by atoms with Crippen molar-refractivity contribution in [1.29, 1.82) is 0 Å². The Balaban J connectivity index is 2.86. The minimum Gasteiger partial charge on any atom is -0.395 e. The van der Waals surface area contributed by atoms with E-state index in [1.165, 1.54) is 0 Å². The van der Waals surface area contributed by atoms with E-state index in [4.69, 9.17) is 5.11 Å². The molecule has 0 bridgehead atoms. The van der Waals surface area contributed by atoms with E-state index in [1.54, 1.807) is 0 Å². The Bertz CT molecular complexity index is 237. The lowest BCUT2D eigenvalue weighted by Gasteiger charge is -2.05. The van der Waals surface area contributed by atoms with Crippen molar-refractivity contribution in [3.8, 4) is 0 Å². The third-order valence-electron chi connectivity index (χ3n) is 1.37. The summed E-state index contributed by atoms with van der Waals surface area (Å²) in [6.45, 7) is 0.121. The molecule has 0 spiro atoms. The maximum Gasteiger partial charge on any atom is 0.0626 e. The smallest absolute Gasteiger partial charge is 0.0626 e. The van der Waals surface area contributed by atoms with Gasteiger partial charge in [0.2, 0.25) is 0 Å². The van der Waals surface area contributed by atoms with Gasteiger partial charge < -0.3 is 5.11 Å². The van der Waals surface area contributed by atoms with Gasteiger partial charge in [-0.25, -0.2) is 0 Å². The summed E-state index contributed by atoms with van der Waals surface area (Å²) >= 11 is 6.71. The van der Waals surface area contributed by atoms with Crippen LogP contribution in [0.15, 0.2) is 28.7 Å². The molecule has 1 aromatic rings. The van der Waals surface area contributed by atoms with Gasteiger partial charge in [-0.05, 0) is 17.7 Å². The van der Waals surface area contributed by atoms with Crippen LogP contribution >= 0.6 is 31.9 Å². The van der Waals surface area contributed by atoms with Crippen LogP contribution in [0.3, 0.4) is 0 Å². The van der Waals surface area contributed by atoms with Gasteiger partial charge in [-0.3, -0.25) is 0 Å². The first-order valence-electron chi connectivity index (χ1n) is 3.24. The van der Waals surface area contributed by atoms with Crippen molar-refractivity contribution >= 4 is 31.9 Å². The van der Waals surface area contributed by atoms with Gasteiger partial charge in [0.05, 0.1) is 11.4 Å². The molecule has 0 saturated carbocycles. The maximum absolute atomic E-state index is 8.82. The van der Waals surface area contributed by atoms with Crippen LogP contribution in [0.5, 0.6) is 0 Å². The van der Waals surface area contributed by atoms with Crippen LogP contribution in [-0.2, 0) is 0 Å². The van der Waals surface area contributed by atoms with Crippen LogP contribution in [0.4, 0.5) is 0 Å². The summed E-state index contributed by atoms with van der Waals surface area (Å²) in [4.78, 5) is 0.0417. The molecular weight excluding hydrogens is 272 g/mol. The van der Waals surface area contributed by atoms with Crippen molar-refractivity contribution in [3.05, 3.63) is 34.3 Å². The highest BCUT2D eigenvalue weighted by Crippen LogP contribution is 2.24. The van der Waals surface area contributed by atoms with E-state index in [0.29, 0.717) is 0 Å². The van der Waals surface area contributed by atoms with Crippen molar-refractivity contribution in [2.45, 2.75) is 4.83 Å². The molecule has 1 N–H and O–H groups in total. The van der Waals surface area contributed by atoms with E-state index in [1.807, 2.05) is 24.3 Å². The second kappa shape index (κ2) is 4.24. The second-order valence-electron chi connectivity index (χ2n) is 2.21. The lowest BCUT2D eigenvalue weighted by molar-refractivity contribution is 0.298. The average Bonchev–Trinajstić information content (AvgIpc) is 2.03. The van der Waals surface area contributed by atoms with Gasteiger partial charge in [-0.2, -0.15) is 0 Å². The van der Waals surface area contributed by atoms with Crippen LogP contribution in [0.25, 0.3) is 0 Å². The molecule has 0 heterocycles. The number of hydrogen-bond acceptors (Lipinski definition) is 1. The van der Waals surface area contributed by atoms with Gasteiger partial charge in [0.1, 0.15) is 0 Å². The Kier molecular flexibility index (Phi) is 3.55. The average molecular weight is 280 g/mol. The van der Waals surface area contributed by atoms with Crippen LogP contribution in [0, 0.1) is 0 Å². The normalized spacial score (nSPS) is 13.0. The zero-order chi connectivity index (χ0) is 8.27. The molecule has 3 heteroatoms. The van der Waals surface area contributed by atoms with Crippen molar-refractivity contribution < 1.29 is 5.11 Å². The Labute approximate surface area is 82.7 Å². The molecule has 0 aliphatic heterocycles. The Hall–Kier alpha value is 0.140. The topological polar surface area (TPSA) is 20.2 Å². The van der Waals surface area contributed by atoms with Crippen molar-refractivity contribution in [3.63, 3.8) is 0 Å². The number of halogens is 2. The molecule has 1 nitrogen and oxygen atoms in total. The summed E-state index contributed by atoms with van der Waals surface area (Å²) in [5.41, 5.74) is 1.09. The lowest BCUT2D eigenvalue weighted by atomic mass is 10.2. The molecule has 0 unspecified atom stereocenters. The largest absolute Gasteiger partial charge is 0.395 e. The molecule has 0 aliphatic rings. The summed E-state index contributed by atoms with van der Waals surface area (Å²) in [7, 11) is 0. The fourth-order valence-electron chi connectivity index (χ4n) is 0.807. The van der Waals surface area contributed by atoms with Crippen molar-refractivity contribution in [2.24, 2.45) is 0 Å². The van der Waals surface area contributed by atoms with Crippen LogP contribution in [0.2, 0.25) is 0 Å². The quantitative estimate of drug-likeness (QED) is 0.826. The molecule has 0 saturated heterocycles. The molecule has 1 aromatic carbocycles. The molecule has 0 fully saturated rings. The van der Waals surface area contributed by atoms with Crippen molar-refractivity contribution in [2.75, 3.05) is 6.61 Å². The predicted octanol–water partition coefficient (Wildman–Crippen LogP) is 2.88. The number of aliphatic hydroxyl groups excluding tert-OH is 1. The fraction of sp³-hybridized carbons (Fsp3) is 0.250. The van der Waals surface area contributed by atoms with E-state index in [0.717, 1.165) is 10.0 Å². The molecule has 1 atom stereocenters.